The second kappa shape index (κ2) is 7.59. The first-order valence-electron chi connectivity index (χ1n) is 7.48. The van der Waals surface area contributed by atoms with E-state index in [9.17, 15) is 23.2 Å². The maximum absolute atomic E-state index is 13.8. The third-order valence-corrected chi connectivity index (χ3v) is 5.03. The molecule has 10 heteroatoms. The molecule has 2 heterocycles. The summed E-state index contributed by atoms with van der Waals surface area (Å²) in [6.45, 7) is 0. The highest BCUT2D eigenvalue weighted by molar-refractivity contribution is 9.10. The second-order valence-corrected chi connectivity index (χ2v) is 7.13. The van der Waals surface area contributed by atoms with Gasteiger partial charge in [0.15, 0.2) is 0 Å². The van der Waals surface area contributed by atoms with Crippen molar-refractivity contribution in [1.82, 2.24) is 9.55 Å². The number of carbonyl (C=O) groups excluding carboxylic acids is 1. The van der Waals surface area contributed by atoms with Crippen molar-refractivity contribution in [1.29, 1.82) is 5.26 Å². The van der Waals surface area contributed by atoms with Gasteiger partial charge in [-0.05, 0) is 40.2 Å². The van der Waals surface area contributed by atoms with E-state index in [1.54, 1.807) is 6.07 Å². The van der Waals surface area contributed by atoms with Gasteiger partial charge in [-0.1, -0.05) is 35.3 Å². The number of nitriles is 1. The minimum Gasteiger partial charge on any atom is -0.269 e. The van der Waals surface area contributed by atoms with Crippen LogP contribution >= 0.6 is 39.1 Å². The van der Waals surface area contributed by atoms with Gasteiger partial charge in [0, 0.05) is 16.8 Å². The predicted octanol–water partition coefficient (Wildman–Crippen LogP) is 6.20. The molecular formula is C18H7BrCl2F3N3O. The molecule has 0 spiro atoms. The third kappa shape index (κ3) is 3.65. The van der Waals surface area contributed by atoms with Crippen molar-refractivity contribution in [3.05, 3.63) is 74.1 Å². The summed E-state index contributed by atoms with van der Waals surface area (Å²) in [6, 6.07) is 10.0. The van der Waals surface area contributed by atoms with Gasteiger partial charge in [0.25, 0.3) is 5.91 Å². The average Bonchev–Trinajstić information content (AvgIpc) is 2.94. The monoisotopic (exact) mass is 487 g/mol. The number of hydrogen-bond acceptors (Lipinski definition) is 3. The Bertz CT molecular complexity index is 1100. The van der Waals surface area contributed by atoms with E-state index in [0.29, 0.717) is 9.59 Å². The number of alkyl halides is 3. The Kier molecular flexibility index (Phi) is 5.53. The van der Waals surface area contributed by atoms with E-state index in [1.807, 2.05) is 0 Å². The molecule has 0 saturated carbocycles. The molecule has 0 radical (unpaired) electrons. The molecule has 2 aromatic heterocycles. The van der Waals surface area contributed by atoms with Gasteiger partial charge in [0.05, 0.1) is 21.3 Å². The SMILES string of the molecule is N#Cc1c(Br)c(C(F)(F)F)n(C(=O)c2ccc(Cl)nc2)c1-c1ccc(Cl)cc1. The molecule has 0 amide bonds. The van der Waals surface area contributed by atoms with Gasteiger partial charge >= 0.3 is 6.18 Å². The highest BCUT2D eigenvalue weighted by atomic mass is 79.9. The highest BCUT2D eigenvalue weighted by Gasteiger charge is 2.42. The summed E-state index contributed by atoms with van der Waals surface area (Å²) < 4.78 is 41.3. The Labute approximate surface area is 175 Å². The molecule has 0 saturated heterocycles. The van der Waals surface area contributed by atoms with Gasteiger partial charge in [-0.25, -0.2) is 4.98 Å². The molecule has 1 aromatic carbocycles. The largest absolute Gasteiger partial charge is 0.433 e. The van der Waals surface area contributed by atoms with Crippen LogP contribution in [0.4, 0.5) is 13.2 Å². The van der Waals surface area contributed by atoms with Crippen LogP contribution in [0.15, 0.2) is 47.1 Å². The second-order valence-electron chi connectivity index (χ2n) is 5.51. The molecule has 142 valence electrons. The van der Waals surface area contributed by atoms with Crippen molar-refractivity contribution in [3.63, 3.8) is 0 Å². The Balaban J connectivity index is 2.38. The highest BCUT2D eigenvalue weighted by Crippen LogP contribution is 2.43. The fourth-order valence-electron chi connectivity index (χ4n) is 2.61. The van der Waals surface area contributed by atoms with Gasteiger partial charge in [-0.3, -0.25) is 9.36 Å². The zero-order chi connectivity index (χ0) is 20.6. The van der Waals surface area contributed by atoms with E-state index in [2.05, 4.69) is 20.9 Å². The Morgan fingerprint density at radius 3 is 2.29 bits per heavy atom. The van der Waals surface area contributed by atoms with Crippen molar-refractivity contribution >= 4 is 45.0 Å². The molecule has 28 heavy (non-hydrogen) atoms. The van der Waals surface area contributed by atoms with Crippen LogP contribution in [0.3, 0.4) is 0 Å². The summed E-state index contributed by atoms with van der Waals surface area (Å²) in [7, 11) is 0. The predicted molar refractivity (Wildman–Crippen MR) is 101 cm³/mol. The molecule has 3 rings (SSSR count). The number of halogens is 6. The molecule has 0 N–H and O–H groups in total. The number of benzene rings is 1. The Hall–Kier alpha value is -2.34. The van der Waals surface area contributed by atoms with Crippen LogP contribution in [-0.4, -0.2) is 15.5 Å². The summed E-state index contributed by atoms with van der Waals surface area (Å²) in [5.41, 5.74) is -1.75. The van der Waals surface area contributed by atoms with Gasteiger partial charge in [0.1, 0.15) is 16.9 Å². The molecule has 0 aliphatic carbocycles. The van der Waals surface area contributed by atoms with Gasteiger partial charge in [0.2, 0.25) is 0 Å². The zero-order valence-corrected chi connectivity index (χ0v) is 16.7. The maximum atomic E-state index is 13.8. The number of carbonyl (C=O) groups is 1. The molecule has 0 fully saturated rings. The molecule has 0 aliphatic rings. The van der Waals surface area contributed by atoms with Crippen LogP contribution in [0.1, 0.15) is 21.6 Å². The van der Waals surface area contributed by atoms with Crippen molar-refractivity contribution in [2.24, 2.45) is 0 Å². The fraction of sp³-hybridized carbons (Fsp3) is 0.0556. The Morgan fingerprint density at radius 2 is 1.79 bits per heavy atom. The number of rotatable bonds is 2. The van der Waals surface area contributed by atoms with E-state index < -0.39 is 22.3 Å². The van der Waals surface area contributed by atoms with Crippen molar-refractivity contribution in [3.8, 4) is 17.3 Å². The topological polar surface area (TPSA) is 58.7 Å². The number of aromatic nitrogens is 2. The molecular weight excluding hydrogens is 482 g/mol. The lowest BCUT2D eigenvalue weighted by Crippen LogP contribution is -2.22. The van der Waals surface area contributed by atoms with Crippen LogP contribution in [-0.2, 0) is 6.18 Å². The third-order valence-electron chi connectivity index (χ3n) is 3.79. The lowest BCUT2D eigenvalue weighted by Gasteiger charge is -2.14. The molecule has 3 aromatic rings. The average molecular weight is 489 g/mol. The number of pyridine rings is 1. The lowest BCUT2D eigenvalue weighted by atomic mass is 10.1. The van der Waals surface area contributed by atoms with Gasteiger partial charge in [-0.15, -0.1) is 0 Å². The first-order chi connectivity index (χ1) is 13.1. The molecule has 0 atom stereocenters. The number of nitrogens with zero attached hydrogens (tertiary/aromatic N) is 3. The summed E-state index contributed by atoms with van der Waals surface area (Å²) in [5, 5.41) is 9.91. The van der Waals surface area contributed by atoms with E-state index in [0.717, 1.165) is 6.20 Å². The fourth-order valence-corrected chi connectivity index (χ4v) is 3.53. The van der Waals surface area contributed by atoms with Crippen LogP contribution in [0, 0.1) is 11.3 Å². The van der Waals surface area contributed by atoms with E-state index in [1.165, 1.54) is 36.4 Å². The van der Waals surface area contributed by atoms with Crippen molar-refractivity contribution in [2.75, 3.05) is 0 Å². The smallest absolute Gasteiger partial charge is 0.269 e. The van der Waals surface area contributed by atoms with Crippen LogP contribution in [0.2, 0.25) is 10.2 Å². The quantitative estimate of drug-likeness (QED) is 0.403. The summed E-state index contributed by atoms with van der Waals surface area (Å²) in [6.07, 6.45) is -3.85. The van der Waals surface area contributed by atoms with Crippen LogP contribution in [0.25, 0.3) is 11.3 Å². The van der Waals surface area contributed by atoms with E-state index >= 15 is 0 Å². The van der Waals surface area contributed by atoms with Crippen LogP contribution < -0.4 is 0 Å². The van der Waals surface area contributed by atoms with Crippen molar-refractivity contribution in [2.45, 2.75) is 6.18 Å². The number of hydrogen-bond donors (Lipinski definition) is 0. The molecule has 0 bridgehead atoms. The van der Waals surface area contributed by atoms with Crippen LogP contribution in [0.5, 0.6) is 0 Å². The van der Waals surface area contributed by atoms with E-state index in [-0.39, 0.29) is 27.5 Å². The van der Waals surface area contributed by atoms with E-state index in [4.69, 9.17) is 23.2 Å². The zero-order valence-electron chi connectivity index (χ0n) is 13.6. The van der Waals surface area contributed by atoms with Crippen molar-refractivity contribution < 1.29 is 18.0 Å². The molecule has 0 unspecified atom stereocenters. The first-order valence-corrected chi connectivity index (χ1v) is 9.03. The summed E-state index contributed by atoms with van der Waals surface area (Å²) >= 11 is 14.4. The lowest BCUT2D eigenvalue weighted by molar-refractivity contribution is -0.143. The summed E-state index contributed by atoms with van der Waals surface area (Å²) in [4.78, 5) is 16.7. The normalized spacial score (nSPS) is 11.3. The minimum atomic E-state index is -4.91. The maximum Gasteiger partial charge on any atom is 0.433 e. The molecule has 4 nitrogen and oxygen atoms in total. The summed E-state index contributed by atoms with van der Waals surface area (Å²) in [5.74, 6) is -1.01. The standard InChI is InChI=1S/C18H7BrCl2F3N3O/c19-14-12(7-25)15(9-1-4-11(20)5-2-9)27(16(14)18(22,23)24)17(28)10-3-6-13(21)26-8-10/h1-6,8H. The van der Waals surface area contributed by atoms with Gasteiger partial charge < -0.3 is 0 Å². The molecule has 0 aliphatic heterocycles. The van der Waals surface area contributed by atoms with Gasteiger partial charge in [-0.2, -0.15) is 18.4 Å². The minimum absolute atomic E-state index is 0.0805. The first kappa shape index (κ1) is 20.4. The Morgan fingerprint density at radius 1 is 1.14 bits per heavy atom.